The van der Waals surface area contributed by atoms with Crippen molar-refractivity contribution in [3.8, 4) is 0 Å². The van der Waals surface area contributed by atoms with Crippen molar-refractivity contribution in [2.75, 3.05) is 18.0 Å². The Morgan fingerprint density at radius 2 is 1.69 bits per heavy atom. The Hall–Kier alpha value is -1.65. The molecular formula is C11H15N3O2. The molecule has 1 aliphatic heterocycles. The molecule has 0 radical (unpaired) electrons. The van der Waals surface area contributed by atoms with E-state index in [0.717, 1.165) is 25.9 Å². The van der Waals surface area contributed by atoms with Crippen LogP contribution in [-0.2, 0) is 0 Å². The molecule has 0 atom stereocenters. The maximum atomic E-state index is 10.6. The minimum absolute atomic E-state index is 0.138. The summed E-state index contributed by atoms with van der Waals surface area (Å²) < 4.78 is 0. The first kappa shape index (κ1) is 10.9. The molecule has 0 aliphatic carbocycles. The van der Waals surface area contributed by atoms with Crippen molar-refractivity contribution in [3.63, 3.8) is 0 Å². The monoisotopic (exact) mass is 221 g/mol. The Labute approximate surface area is 94.1 Å². The van der Waals surface area contributed by atoms with Crippen LogP contribution in [0.1, 0.15) is 36.0 Å². The topological polar surface area (TPSA) is 66.3 Å². The van der Waals surface area contributed by atoms with Crippen LogP contribution in [0.5, 0.6) is 0 Å². The van der Waals surface area contributed by atoms with Gasteiger partial charge in [0.1, 0.15) is 0 Å². The summed E-state index contributed by atoms with van der Waals surface area (Å²) in [6, 6.07) is 0. The van der Waals surface area contributed by atoms with Crippen LogP contribution in [0.2, 0.25) is 0 Å². The molecule has 0 bridgehead atoms. The van der Waals surface area contributed by atoms with Gasteiger partial charge in [0.25, 0.3) is 0 Å². The lowest BCUT2D eigenvalue weighted by atomic mass is 10.2. The summed E-state index contributed by atoms with van der Waals surface area (Å²) in [5.74, 6) is -0.339. The average molecular weight is 221 g/mol. The fraction of sp³-hybridized carbons (Fsp3) is 0.545. The Bertz CT molecular complexity index is 356. The van der Waals surface area contributed by atoms with E-state index >= 15 is 0 Å². The molecule has 1 saturated heterocycles. The highest BCUT2D eigenvalue weighted by Gasteiger charge is 2.12. The summed E-state index contributed by atoms with van der Waals surface area (Å²) in [7, 11) is 0. The van der Waals surface area contributed by atoms with Crippen molar-refractivity contribution in [1.82, 2.24) is 9.97 Å². The van der Waals surface area contributed by atoms with Crippen molar-refractivity contribution in [2.24, 2.45) is 0 Å². The average Bonchev–Trinajstić information content (AvgIpc) is 2.57. The van der Waals surface area contributed by atoms with E-state index in [4.69, 9.17) is 5.11 Å². The van der Waals surface area contributed by atoms with Crippen LogP contribution in [0, 0.1) is 0 Å². The smallest absolute Gasteiger partial charge is 0.338 e. The third-order valence-electron chi connectivity index (χ3n) is 2.77. The first-order valence-electron chi connectivity index (χ1n) is 5.57. The zero-order valence-corrected chi connectivity index (χ0v) is 9.09. The molecular weight excluding hydrogens is 206 g/mol. The van der Waals surface area contributed by atoms with Crippen LogP contribution in [0.15, 0.2) is 12.4 Å². The standard InChI is InChI=1S/C11H15N3O2/c15-10(16)9-7-12-11(13-8-9)14-5-3-1-2-4-6-14/h7-8H,1-6H2,(H,15,16). The fourth-order valence-corrected chi connectivity index (χ4v) is 1.87. The Balaban J connectivity index is 2.10. The number of hydrogen-bond donors (Lipinski definition) is 1. The Kier molecular flexibility index (Phi) is 3.34. The van der Waals surface area contributed by atoms with Crippen molar-refractivity contribution in [2.45, 2.75) is 25.7 Å². The van der Waals surface area contributed by atoms with Crippen molar-refractivity contribution < 1.29 is 9.90 Å². The summed E-state index contributed by atoms with van der Waals surface area (Å²) in [4.78, 5) is 21.0. The molecule has 0 unspecified atom stereocenters. The quantitative estimate of drug-likeness (QED) is 0.820. The molecule has 1 aromatic heterocycles. The molecule has 1 N–H and O–H groups in total. The summed E-state index contributed by atoms with van der Waals surface area (Å²) in [5.41, 5.74) is 0.138. The highest BCUT2D eigenvalue weighted by Crippen LogP contribution is 2.14. The lowest BCUT2D eigenvalue weighted by Crippen LogP contribution is -2.26. The van der Waals surface area contributed by atoms with E-state index in [1.54, 1.807) is 0 Å². The van der Waals surface area contributed by atoms with Gasteiger partial charge in [-0.25, -0.2) is 14.8 Å². The third kappa shape index (κ3) is 2.48. The molecule has 5 nitrogen and oxygen atoms in total. The van der Waals surface area contributed by atoms with Crippen LogP contribution >= 0.6 is 0 Å². The number of rotatable bonds is 2. The minimum atomic E-state index is -0.984. The largest absolute Gasteiger partial charge is 0.478 e. The van der Waals surface area contributed by atoms with E-state index in [1.165, 1.54) is 25.2 Å². The highest BCUT2D eigenvalue weighted by molar-refractivity contribution is 5.86. The van der Waals surface area contributed by atoms with Gasteiger partial charge >= 0.3 is 5.97 Å². The van der Waals surface area contributed by atoms with Gasteiger partial charge in [0, 0.05) is 25.5 Å². The lowest BCUT2D eigenvalue weighted by Gasteiger charge is -2.19. The minimum Gasteiger partial charge on any atom is -0.478 e. The van der Waals surface area contributed by atoms with Crippen LogP contribution in [0.25, 0.3) is 0 Å². The van der Waals surface area contributed by atoms with Gasteiger partial charge in [-0.15, -0.1) is 0 Å². The number of carboxylic acid groups (broad SMARTS) is 1. The zero-order chi connectivity index (χ0) is 11.4. The summed E-state index contributed by atoms with van der Waals surface area (Å²) in [6.45, 7) is 1.93. The van der Waals surface area contributed by atoms with Crippen LogP contribution in [0.3, 0.4) is 0 Å². The fourth-order valence-electron chi connectivity index (χ4n) is 1.87. The second-order valence-electron chi connectivity index (χ2n) is 3.98. The second kappa shape index (κ2) is 4.92. The number of aromatic nitrogens is 2. The molecule has 5 heteroatoms. The zero-order valence-electron chi connectivity index (χ0n) is 9.09. The number of aromatic carboxylic acids is 1. The van der Waals surface area contributed by atoms with E-state index in [0.29, 0.717) is 5.95 Å². The van der Waals surface area contributed by atoms with Gasteiger partial charge in [-0.1, -0.05) is 12.8 Å². The number of carboxylic acids is 1. The number of carbonyl (C=O) groups is 1. The maximum absolute atomic E-state index is 10.6. The van der Waals surface area contributed by atoms with Gasteiger partial charge in [0.2, 0.25) is 5.95 Å². The second-order valence-corrected chi connectivity index (χ2v) is 3.98. The Morgan fingerprint density at radius 1 is 1.12 bits per heavy atom. The normalized spacial score (nSPS) is 16.9. The molecule has 2 rings (SSSR count). The van der Waals surface area contributed by atoms with Crippen molar-refractivity contribution >= 4 is 11.9 Å². The molecule has 16 heavy (non-hydrogen) atoms. The molecule has 0 aromatic carbocycles. The first-order chi connectivity index (χ1) is 7.77. The predicted molar refractivity (Wildman–Crippen MR) is 59.7 cm³/mol. The summed E-state index contributed by atoms with van der Waals surface area (Å²) in [5, 5.41) is 8.74. The predicted octanol–water partition coefficient (Wildman–Crippen LogP) is 1.56. The van der Waals surface area contributed by atoms with E-state index in [9.17, 15) is 4.79 Å². The summed E-state index contributed by atoms with van der Waals surface area (Å²) in [6.07, 6.45) is 7.56. The van der Waals surface area contributed by atoms with Crippen LogP contribution in [0.4, 0.5) is 5.95 Å². The maximum Gasteiger partial charge on any atom is 0.338 e. The van der Waals surface area contributed by atoms with Gasteiger partial charge < -0.3 is 10.0 Å². The molecule has 0 saturated carbocycles. The summed E-state index contributed by atoms with van der Waals surface area (Å²) >= 11 is 0. The first-order valence-corrected chi connectivity index (χ1v) is 5.57. The van der Waals surface area contributed by atoms with E-state index < -0.39 is 5.97 Å². The van der Waals surface area contributed by atoms with Crippen molar-refractivity contribution in [1.29, 1.82) is 0 Å². The molecule has 86 valence electrons. The number of nitrogens with zero attached hydrogens (tertiary/aromatic N) is 3. The molecule has 0 amide bonds. The Morgan fingerprint density at radius 3 is 2.19 bits per heavy atom. The van der Waals surface area contributed by atoms with Crippen LogP contribution < -0.4 is 4.90 Å². The van der Waals surface area contributed by atoms with Gasteiger partial charge in [0.05, 0.1) is 5.56 Å². The molecule has 2 heterocycles. The van der Waals surface area contributed by atoms with E-state index in [2.05, 4.69) is 14.9 Å². The molecule has 1 fully saturated rings. The van der Waals surface area contributed by atoms with Gasteiger partial charge in [0.15, 0.2) is 0 Å². The lowest BCUT2D eigenvalue weighted by molar-refractivity contribution is 0.0696. The molecule has 1 aromatic rings. The van der Waals surface area contributed by atoms with Gasteiger partial charge in [-0.3, -0.25) is 0 Å². The molecule has 1 aliphatic rings. The van der Waals surface area contributed by atoms with Gasteiger partial charge in [-0.05, 0) is 12.8 Å². The van der Waals surface area contributed by atoms with E-state index in [-0.39, 0.29) is 5.56 Å². The highest BCUT2D eigenvalue weighted by atomic mass is 16.4. The molecule has 0 spiro atoms. The third-order valence-corrected chi connectivity index (χ3v) is 2.77. The van der Waals surface area contributed by atoms with Gasteiger partial charge in [-0.2, -0.15) is 0 Å². The number of anilines is 1. The van der Waals surface area contributed by atoms with Crippen LogP contribution in [-0.4, -0.2) is 34.1 Å². The number of hydrogen-bond acceptors (Lipinski definition) is 4. The van der Waals surface area contributed by atoms with E-state index in [1.807, 2.05) is 0 Å². The van der Waals surface area contributed by atoms with Crippen molar-refractivity contribution in [3.05, 3.63) is 18.0 Å². The SMILES string of the molecule is O=C(O)c1cnc(N2CCCCCC2)nc1.